The third-order valence-electron chi connectivity index (χ3n) is 4.35. The number of aromatic nitrogens is 3. The van der Waals surface area contributed by atoms with Crippen LogP contribution in [0.2, 0.25) is 0 Å². The number of ether oxygens (including phenoxy) is 2. The SMILES string of the molecule is CCCc1nc(C(=O)NCc2ccc(OC)cc2OC)n2cc(C)ncc12. The van der Waals surface area contributed by atoms with Gasteiger partial charge in [-0.15, -0.1) is 0 Å². The van der Waals surface area contributed by atoms with Crippen molar-refractivity contribution >= 4 is 11.4 Å². The molecular formula is C20H24N4O3. The lowest BCUT2D eigenvalue weighted by Gasteiger charge is -2.11. The molecule has 0 unspecified atom stereocenters. The number of rotatable bonds is 7. The van der Waals surface area contributed by atoms with Crippen LogP contribution in [0.4, 0.5) is 0 Å². The van der Waals surface area contributed by atoms with Gasteiger partial charge < -0.3 is 14.8 Å². The Bertz CT molecular complexity index is 965. The second kappa shape index (κ2) is 8.07. The molecule has 1 N–H and O–H groups in total. The number of nitrogens with one attached hydrogen (secondary N) is 1. The highest BCUT2D eigenvalue weighted by atomic mass is 16.5. The summed E-state index contributed by atoms with van der Waals surface area (Å²) in [5.41, 5.74) is 3.44. The maximum absolute atomic E-state index is 12.8. The van der Waals surface area contributed by atoms with Crippen molar-refractivity contribution in [2.24, 2.45) is 0 Å². The van der Waals surface area contributed by atoms with E-state index in [9.17, 15) is 4.79 Å². The number of hydrogen-bond acceptors (Lipinski definition) is 5. The van der Waals surface area contributed by atoms with E-state index in [1.807, 2.05) is 29.7 Å². The van der Waals surface area contributed by atoms with E-state index in [0.29, 0.717) is 23.9 Å². The van der Waals surface area contributed by atoms with Crippen molar-refractivity contribution in [3.8, 4) is 11.5 Å². The summed E-state index contributed by atoms with van der Waals surface area (Å²) < 4.78 is 12.4. The molecule has 142 valence electrons. The van der Waals surface area contributed by atoms with Crippen molar-refractivity contribution in [3.63, 3.8) is 0 Å². The average Bonchev–Trinajstić information content (AvgIpc) is 3.04. The highest BCUT2D eigenvalue weighted by Gasteiger charge is 2.18. The van der Waals surface area contributed by atoms with Gasteiger partial charge in [-0.2, -0.15) is 0 Å². The van der Waals surface area contributed by atoms with E-state index in [2.05, 4.69) is 22.2 Å². The van der Waals surface area contributed by atoms with Gasteiger partial charge in [0, 0.05) is 24.4 Å². The van der Waals surface area contributed by atoms with Crippen molar-refractivity contribution in [1.29, 1.82) is 0 Å². The first-order valence-electron chi connectivity index (χ1n) is 8.90. The summed E-state index contributed by atoms with van der Waals surface area (Å²) in [6.07, 6.45) is 5.36. The maximum atomic E-state index is 12.8. The van der Waals surface area contributed by atoms with E-state index in [0.717, 1.165) is 35.3 Å². The van der Waals surface area contributed by atoms with Crippen molar-refractivity contribution in [2.45, 2.75) is 33.2 Å². The lowest BCUT2D eigenvalue weighted by Crippen LogP contribution is -2.25. The van der Waals surface area contributed by atoms with Crippen LogP contribution >= 0.6 is 0 Å². The van der Waals surface area contributed by atoms with Gasteiger partial charge in [0.1, 0.15) is 11.5 Å². The molecule has 1 amide bonds. The van der Waals surface area contributed by atoms with Crippen LogP contribution < -0.4 is 14.8 Å². The fourth-order valence-electron chi connectivity index (χ4n) is 2.98. The van der Waals surface area contributed by atoms with Crippen LogP contribution in [0.25, 0.3) is 5.52 Å². The molecule has 0 saturated carbocycles. The molecule has 0 spiro atoms. The van der Waals surface area contributed by atoms with Crippen molar-refractivity contribution < 1.29 is 14.3 Å². The molecule has 0 aliphatic heterocycles. The number of nitrogens with zero attached hydrogens (tertiary/aromatic N) is 3. The van der Waals surface area contributed by atoms with Crippen LogP contribution in [0.3, 0.4) is 0 Å². The molecule has 0 aliphatic rings. The van der Waals surface area contributed by atoms with Gasteiger partial charge in [0.25, 0.3) is 5.91 Å². The number of carbonyl (C=O) groups is 1. The van der Waals surface area contributed by atoms with Gasteiger partial charge >= 0.3 is 0 Å². The Labute approximate surface area is 158 Å². The molecule has 27 heavy (non-hydrogen) atoms. The Hall–Kier alpha value is -3.09. The van der Waals surface area contributed by atoms with Gasteiger partial charge in [-0.25, -0.2) is 4.98 Å². The van der Waals surface area contributed by atoms with E-state index in [4.69, 9.17) is 9.47 Å². The third kappa shape index (κ3) is 3.86. The summed E-state index contributed by atoms with van der Waals surface area (Å²) in [6.45, 7) is 4.30. The van der Waals surface area contributed by atoms with Crippen molar-refractivity contribution in [3.05, 3.63) is 53.4 Å². The van der Waals surface area contributed by atoms with Crippen LogP contribution in [-0.4, -0.2) is 34.5 Å². The molecule has 7 heteroatoms. The zero-order chi connectivity index (χ0) is 19.4. The number of benzene rings is 1. The summed E-state index contributed by atoms with van der Waals surface area (Å²) in [5.74, 6) is 1.49. The lowest BCUT2D eigenvalue weighted by molar-refractivity contribution is 0.0939. The minimum Gasteiger partial charge on any atom is -0.497 e. The summed E-state index contributed by atoms with van der Waals surface area (Å²) in [6, 6.07) is 5.50. The number of methoxy groups -OCH3 is 2. The molecule has 0 atom stereocenters. The Morgan fingerprint density at radius 1 is 1.26 bits per heavy atom. The Balaban J connectivity index is 1.85. The summed E-state index contributed by atoms with van der Waals surface area (Å²) >= 11 is 0. The quantitative estimate of drug-likeness (QED) is 0.694. The van der Waals surface area contributed by atoms with Crippen LogP contribution in [0.1, 0.15) is 40.9 Å². The number of amides is 1. The third-order valence-corrected chi connectivity index (χ3v) is 4.35. The summed E-state index contributed by atoms with van der Waals surface area (Å²) in [4.78, 5) is 21.7. The van der Waals surface area contributed by atoms with E-state index < -0.39 is 0 Å². The summed E-state index contributed by atoms with van der Waals surface area (Å²) in [5, 5.41) is 2.93. The predicted octanol–water partition coefficient (Wildman–Crippen LogP) is 2.94. The van der Waals surface area contributed by atoms with Crippen LogP contribution in [0.15, 0.2) is 30.6 Å². The lowest BCUT2D eigenvalue weighted by atomic mass is 10.2. The molecule has 0 bridgehead atoms. The Morgan fingerprint density at radius 2 is 2.07 bits per heavy atom. The predicted molar refractivity (Wildman–Crippen MR) is 102 cm³/mol. The molecule has 7 nitrogen and oxygen atoms in total. The van der Waals surface area contributed by atoms with Gasteiger partial charge in [0.15, 0.2) is 0 Å². The van der Waals surface area contributed by atoms with Gasteiger partial charge in [-0.1, -0.05) is 13.3 Å². The number of carbonyl (C=O) groups excluding carboxylic acids is 1. The topological polar surface area (TPSA) is 77.8 Å². The van der Waals surface area contributed by atoms with E-state index in [1.165, 1.54) is 0 Å². The molecule has 2 aromatic heterocycles. The molecule has 0 fully saturated rings. The van der Waals surface area contributed by atoms with Crippen molar-refractivity contribution in [1.82, 2.24) is 19.7 Å². The van der Waals surface area contributed by atoms with E-state index in [1.54, 1.807) is 26.5 Å². The molecule has 0 saturated heterocycles. The molecule has 2 heterocycles. The largest absolute Gasteiger partial charge is 0.497 e. The van der Waals surface area contributed by atoms with Crippen molar-refractivity contribution in [2.75, 3.05) is 14.2 Å². The monoisotopic (exact) mass is 368 g/mol. The first-order valence-corrected chi connectivity index (χ1v) is 8.90. The van der Waals surface area contributed by atoms with E-state index in [-0.39, 0.29) is 5.91 Å². The molecule has 3 aromatic rings. The number of aryl methyl sites for hydroxylation is 2. The normalized spacial score (nSPS) is 10.8. The second-order valence-corrected chi connectivity index (χ2v) is 6.28. The molecular weight excluding hydrogens is 344 g/mol. The average molecular weight is 368 g/mol. The zero-order valence-electron chi connectivity index (χ0n) is 16.1. The number of hydrogen-bond donors (Lipinski definition) is 1. The molecule has 1 aromatic carbocycles. The highest BCUT2D eigenvalue weighted by molar-refractivity contribution is 5.92. The zero-order valence-corrected chi connectivity index (χ0v) is 16.1. The highest BCUT2D eigenvalue weighted by Crippen LogP contribution is 2.24. The molecule has 3 rings (SSSR count). The fraction of sp³-hybridized carbons (Fsp3) is 0.350. The standard InChI is InChI=1S/C20H24N4O3/c1-5-6-16-17-11-21-13(2)12-24(17)19(23-16)20(25)22-10-14-7-8-15(26-3)9-18(14)27-4/h7-9,11-12H,5-6,10H2,1-4H3,(H,22,25). The first kappa shape index (κ1) is 18.7. The summed E-state index contributed by atoms with van der Waals surface area (Å²) in [7, 11) is 3.19. The Kier molecular flexibility index (Phi) is 5.59. The van der Waals surface area contributed by atoms with Gasteiger partial charge in [0.2, 0.25) is 5.82 Å². The number of imidazole rings is 1. The minimum atomic E-state index is -0.240. The van der Waals surface area contributed by atoms with Crippen LogP contribution in [-0.2, 0) is 13.0 Å². The Morgan fingerprint density at radius 3 is 2.78 bits per heavy atom. The van der Waals surface area contributed by atoms with Crippen LogP contribution in [0.5, 0.6) is 11.5 Å². The van der Waals surface area contributed by atoms with Crippen LogP contribution in [0, 0.1) is 6.92 Å². The molecule has 0 aliphatic carbocycles. The second-order valence-electron chi connectivity index (χ2n) is 6.28. The van der Waals surface area contributed by atoms with Gasteiger partial charge in [0.05, 0.1) is 37.3 Å². The van der Waals surface area contributed by atoms with E-state index >= 15 is 0 Å². The van der Waals surface area contributed by atoms with Gasteiger partial charge in [-0.3, -0.25) is 14.2 Å². The maximum Gasteiger partial charge on any atom is 0.287 e. The molecule has 0 radical (unpaired) electrons. The first-order chi connectivity index (χ1) is 13.1. The minimum absolute atomic E-state index is 0.240. The number of fused-ring (bicyclic) bond motifs is 1. The van der Waals surface area contributed by atoms with Gasteiger partial charge in [-0.05, 0) is 25.5 Å². The fourth-order valence-corrected chi connectivity index (χ4v) is 2.98. The smallest absolute Gasteiger partial charge is 0.287 e.